The predicted molar refractivity (Wildman–Crippen MR) is 86.0 cm³/mol. The van der Waals surface area contributed by atoms with Crippen LogP contribution in [0.4, 0.5) is 4.79 Å². The average Bonchev–Trinajstić information content (AvgIpc) is 2.93. The number of urea groups is 1. The number of amides is 3. The SMILES string of the molecule is C[C@H](C(=O)N1CCNC1=O)[NH+](C)CCOc1ccc(Br)cc1. The first-order valence-electron chi connectivity index (χ1n) is 7.29. The van der Waals surface area contributed by atoms with Crippen molar-refractivity contribution >= 4 is 27.9 Å². The molecule has 0 radical (unpaired) electrons. The van der Waals surface area contributed by atoms with E-state index in [4.69, 9.17) is 4.74 Å². The maximum Gasteiger partial charge on any atom is 0.324 e. The molecule has 0 saturated carbocycles. The van der Waals surface area contributed by atoms with E-state index >= 15 is 0 Å². The lowest BCUT2D eigenvalue weighted by Crippen LogP contribution is -3.14. The number of likely N-dealkylation sites (N-methyl/N-ethyl adjacent to an activating group) is 1. The summed E-state index contributed by atoms with van der Waals surface area (Å²) in [6, 6.07) is 7.05. The van der Waals surface area contributed by atoms with E-state index in [0.29, 0.717) is 26.2 Å². The van der Waals surface area contributed by atoms with Crippen molar-refractivity contribution in [3.63, 3.8) is 0 Å². The number of carbonyl (C=O) groups excluding carboxylic acids is 2. The molecule has 1 saturated heterocycles. The Hall–Kier alpha value is -1.60. The highest BCUT2D eigenvalue weighted by Gasteiger charge is 2.33. The Bertz CT molecular complexity index is 535. The van der Waals surface area contributed by atoms with Gasteiger partial charge in [0, 0.05) is 17.6 Å². The van der Waals surface area contributed by atoms with Gasteiger partial charge < -0.3 is 15.0 Å². The predicted octanol–water partition coefficient (Wildman–Crippen LogP) is 0.283. The monoisotopic (exact) mass is 370 g/mol. The number of hydrogen-bond donors (Lipinski definition) is 2. The molecule has 6 nitrogen and oxygen atoms in total. The molecule has 1 aromatic rings. The maximum atomic E-state index is 12.3. The van der Waals surface area contributed by atoms with Gasteiger partial charge in [-0.3, -0.25) is 9.69 Å². The van der Waals surface area contributed by atoms with Crippen LogP contribution in [0.25, 0.3) is 0 Å². The van der Waals surface area contributed by atoms with Gasteiger partial charge in [-0.2, -0.15) is 0 Å². The molecule has 1 aliphatic rings. The molecule has 3 amide bonds. The standard InChI is InChI=1S/C15H20BrN3O3/c1-11(14(20)19-8-7-17-15(19)21)18(2)9-10-22-13-5-3-12(16)4-6-13/h3-6,11H,7-10H2,1-2H3,(H,17,21)/p+1/t11-/m1/s1. The van der Waals surface area contributed by atoms with Gasteiger partial charge in [-0.15, -0.1) is 0 Å². The topological polar surface area (TPSA) is 63.1 Å². The van der Waals surface area contributed by atoms with Crippen LogP contribution in [0.1, 0.15) is 6.92 Å². The summed E-state index contributed by atoms with van der Waals surface area (Å²) < 4.78 is 6.67. The number of quaternary nitrogens is 1. The van der Waals surface area contributed by atoms with Crippen LogP contribution >= 0.6 is 15.9 Å². The van der Waals surface area contributed by atoms with Crippen LogP contribution in [0, 0.1) is 0 Å². The molecular formula is C15H21BrN3O3+. The first kappa shape index (κ1) is 16.8. The molecule has 7 heteroatoms. The van der Waals surface area contributed by atoms with Crippen LogP contribution in [0.5, 0.6) is 5.75 Å². The zero-order chi connectivity index (χ0) is 16.1. The number of ether oxygens (including phenoxy) is 1. The van der Waals surface area contributed by atoms with Gasteiger partial charge in [0.25, 0.3) is 5.91 Å². The molecule has 1 heterocycles. The van der Waals surface area contributed by atoms with Crippen molar-refractivity contribution in [3.8, 4) is 5.75 Å². The second kappa shape index (κ2) is 7.60. The van der Waals surface area contributed by atoms with E-state index in [9.17, 15) is 9.59 Å². The maximum absolute atomic E-state index is 12.3. The minimum Gasteiger partial charge on any atom is -0.488 e. The largest absolute Gasteiger partial charge is 0.488 e. The highest BCUT2D eigenvalue weighted by atomic mass is 79.9. The quantitative estimate of drug-likeness (QED) is 0.756. The summed E-state index contributed by atoms with van der Waals surface area (Å²) in [6.07, 6.45) is 0. The Morgan fingerprint density at radius 1 is 1.45 bits per heavy atom. The van der Waals surface area contributed by atoms with Crippen LogP contribution in [0.3, 0.4) is 0 Å². The van der Waals surface area contributed by atoms with E-state index in [2.05, 4.69) is 21.2 Å². The number of nitrogens with one attached hydrogen (secondary N) is 2. The van der Waals surface area contributed by atoms with Gasteiger partial charge in [0.2, 0.25) is 0 Å². The van der Waals surface area contributed by atoms with E-state index in [1.165, 1.54) is 4.90 Å². The smallest absolute Gasteiger partial charge is 0.324 e. The molecule has 1 aliphatic heterocycles. The normalized spacial score (nSPS) is 17.0. The van der Waals surface area contributed by atoms with Crippen LogP contribution in [-0.4, -0.2) is 56.2 Å². The van der Waals surface area contributed by atoms with Crippen molar-refractivity contribution in [3.05, 3.63) is 28.7 Å². The molecule has 0 bridgehead atoms. The summed E-state index contributed by atoms with van der Waals surface area (Å²) >= 11 is 3.37. The molecule has 0 aliphatic carbocycles. The van der Waals surface area contributed by atoms with E-state index in [1.54, 1.807) is 0 Å². The molecule has 1 aromatic carbocycles. The molecule has 1 fully saturated rings. The van der Waals surface area contributed by atoms with E-state index in [1.807, 2.05) is 38.2 Å². The van der Waals surface area contributed by atoms with Gasteiger partial charge in [-0.05, 0) is 31.2 Å². The summed E-state index contributed by atoms with van der Waals surface area (Å²) in [4.78, 5) is 26.1. The summed E-state index contributed by atoms with van der Waals surface area (Å²) in [7, 11) is 1.93. The average molecular weight is 371 g/mol. The summed E-state index contributed by atoms with van der Waals surface area (Å²) in [5.74, 6) is 0.657. The number of rotatable bonds is 6. The van der Waals surface area contributed by atoms with Crippen molar-refractivity contribution in [2.75, 3.05) is 33.3 Å². The first-order valence-corrected chi connectivity index (χ1v) is 8.08. The summed E-state index contributed by atoms with van der Waals surface area (Å²) in [6.45, 7) is 4.01. The molecule has 0 spiro atoms. The minimum atomic E-state index is -0.296. The third-order valence-corrected chi connectivity index (χ3v) is 4.34. The first-order chi connectivity index (χ1) is 10.5. The van der Waals surface area contributed by atoms with E-state index in [0.717, 1.165) is 15.1 Å². The second-order valence-electron chi connectivity index (χ2n) is 5.34. The minimum absolute atomic E-state index is 0.142. The second-order valence-corrected chi connectivity index (χ2v) is 6.26. The number of halogens is 1. The Kier molecular flexibility index (Phi) is 5.79. The van der Waals surface area contributed by atoms with E-state index < -0.39 is 0 Å². The molecule has 120 valence electrons. The van der Waals surface area contributed by atoms with Crippen molar-refractivity contribution in [2.24, 2.45) is 0 Å². The highest BCUT2D eigenvalue weighted by molar-refractivity contribution is 9.10. The number of benzene rings is 1. The molecule has 22 heavy (non-hydrogen) atoms. The van der Waals surface area contributed by atoms with Crippen molar-refractivity contribution in [1.29, 1.82) is 0 Å². The molecular weight excluding hydrogens is 350 g/mol. The number of hydrogen-bond acceptors (Lipinski definition) is 3. The van der Waals surface area contributed by atoms with Gasteiger partial charge in [-0.25, -0.2) is 4.79 Å². The van der Waals surface area contributed by atoms with Crippen molar-refractivity contribution in [2.45, 2.75) is 13.0 Å². The number of nitrogens with zero attached hydrogens (tertiary/aromatic N) is 1. The fourth-order valence-corrected chi connectivity index (χ4v) is 2.47. The van der Waals surface area contributed by atoms with Crippen LogP contribution in [-0.2, 0) is 4.79 Å². The lowest BCUT2D eigenvalue weighted by Gasteiger charge is -2.23. The van der Waals surface area contributed by atoms with Gasteiger partial charge in [0.15, 0.2) is 6.04 Å². The van der Waals surface area contributed by atoms with Crippen LogP contribution < -0.4 is 15.0 Å². The molecule has 1 unspecified atom stereocenters. The zero-order valence-electron chi connectivity index (χ0n) is 12.8. The Labute approximate surface area is 138 Å². The van der Waals surface area contributed by atoms with Crippen LogP contribution in [0.2, 0.25) is 0 Å². The number of carbonyl (C=O) groups is 2. The fourth-order valence-electron chi connectivity index (χ4n) is 2.20. The van der Waals surface area contributed by atoms with Gasteiger partial charge in [0.05, 0.1) is 7.05 Å². The number of imide groups is 1. The zero-order valence-corrected chi connectivity index (χ0v) is 14.4. The van der Waals surface area contributed by atoms with E-state index in [-0.39, 0.29) is 18.0 Å². The molecule has 2 N–H and O–H groups in total. The summed E-state index contributed by atoms with van der Waals surface area (Å²) in [5.41, 5.74) is 0. The van der Waals surface area contributed by atoms with Crippen LogP contribution in [0.15, 0.2) is 28.7 Å². The highest BCUT2D eigenvalue weighted by Crippen LogP contribution is 2.15. The van der Waals surface area contributed by atoms with Gasteiger partial charge >= 0.3 is 6.03 Å². The Morgan fingerprint density at radius 3 is 2.73 bits per heavy atom. The van der Waals surface area contributed by atoms with Gasteiger partial charge in [0.1, 0.15) is 18.9 Å². The molecule has 2 atom stereocenters. The van der Waals surface area contributed by atoms with Crippen molar-refractivity contribution in [1.82, 2.24) is 10.2 Å². The third kappa shape index (κ3) is 4.20. The van der Waals surface area contributed by atoms with Gasteiger partial charge in [-0.1, -0.05) is 15.9 Å². The lowest BCUT2D eigenvalue weighted by molar-refractivity contribution is -0.894. The third-order valence-electron chi connectivity index (χ3n) is 3.81. The van der Waals surface area contributed by atoms with Crippen molar-refractivity contribution < 1.29 is 19.2 Å². The Balaban J connectivity index is 1.78. The fraction of sp³-hybridized carbons (Fsp3) is 0.467. The molecule has 2 rings (SSSR count). The summed E-state index contributed by atoms with van der Waals surface area (Å²) in [5, 5.41) is 2.64. The lowest BCUT2D eigenvalue weighted by atomic mass is 10.2. The Morgan fingerprint density at radius 2 is 2.14 bits per heavy atom. The molecule has 0 aromatic heterocycles.